The molecular weight excluding hydrogens is 360 g/mol. The van der Waals surface area contributed by atoms with E-state index in [1.54, 1.807) is 24.4 Å². The molecule has 3 heterocycles. The number of anilines is 1. The molecule has 9 heteroatoms. The van der Waals surface area contributed by atoms with Crippen LogP contribution in [0, 0.1) is 0 Å². The molecule has 0 saturated carbocycles. The maximum atomic E-state index is 12.3. The van der Waals surface area contributed by atoms with Crippen LogP contribution in [-0.2, 0) is 19.1 Å². The summed E-state index contributed by atoms with van der Waals surface area (Å²) in [4.78, 5) is 48.8. The Balaban J connectivity index is 1.83. The zero-order valence-corrected chi connectivity index (χ0v) is 14.8. The van der Waals surface area contributed by atoms with Gasteiger partial charge >= 0.3 is 5.97 Å². The molecule has 0 spiro atoms. The van der Waals surface area contributed by atoms with Crippen LogP contribution in [0.5, 0.6) is 0 Å². The number of ether oxygens (including phenoxy) is 1. The zero-order valence-electron chi connectivity index (χ0n) is 13.9. The lowest BCUT2D eigenvalue weighted by Crippen LogP contribution is -2.36. The summed E-state index contributed by atoms with van der Waals surface area (Å²) in [6.07, 6.45) is 1.70. The number of furan rings is 1. The third kappa shape index (κ3) is 3.52. The third-order valence-corrected chi connectivity index (χ3v) is 4.66. The molecule has 2 aromatic heterocycles. The first-order chi connectivity index (χ1) is 12.5. The molecular formula is C17H16N2O6S. The van der Waals surface area contributed by atoms with Gasteiger partial charge in [0.2, 0.25) is 17.7 Å². The number of rotatable bonds is 6. The Morgan fingerprint density at radius 1 is 1.31 bits per heavy atom. The molecule has 0 aromatic carbocycles. The molecule has 0 unspecified atom stereocenters. The van der Waals surface area contributed by atoms with E-state index >= 15 is 0 Å². The first kappa shape index (κ1) is 17.9. The highest BCUT2D eigenvalue weighted by Crippen LogP contribution is 2.36. The molecule has 0 bridgehead atoms. The maximum Gasteiger partial charge on any atom is 0.341 e. The van der Waals surface area contributed by atoms with Crippen LogP contribution >= 0.6 is 11.3 Å². The number of carbonyl (C=O) groups excluding carboxylic acids is 4. The van der Waals surface area contributed by atoms with Crippen molar-refractivity contribution in [3.63, 3.8) is 0 Å². The summed E-state index contributed by atoms with van der Waals surface area (Å²) in [5, 5.41) is 4.54. The fraction of sp³-hybridized carbons (Fsp3) is 0.294. The van der Waals surface area contributed by atoms with Gasteiger partial charge < -0.3 is 14.5 Å². The minimum Gasteiger partial charge on any atom is -0.464 e. The summed E-state index contributed by atoms with van der Waals surface area (Å²) in [7, 11) is 0. The van der Waals surface area contributed by atoms with E-state index in [-0.39, 0.29) is 48.4 Å². The average Bonchev–Trinajstić information content (AvgIpc) is 3.32. The summed E-state index contributed by atoms with van der Waals surface area (Å²) >= 11 is 1.14. The quantitative estimate of drug-likeness (QED) is 0.612. The minimum absolute atomic E-state index is 0.113. The van der Waals surface area contributed by atoms with Crippen LogP contribution in [-0.4, -0.2) is 41.7 Å². The first-order valence-corrected chi connectivity index (χ1v) is 8.84. The number of nitrogens with one attached hydrogen (secondary N) is 1. The van der Waals surface area contributed by atoms with Gasteiger partial charge in [-0.2, -0.15) is 0 Å². The molecule has 26 heavy (non-hydrogen) atoms. The van der Waals surface area contributed by atoms with Crippen LogP contribution in [0.25, 0.3) is 11.3 Å². The molecule has 3 rings (SSSR count). The number of thiophene rings is 1. The van der Waals surface area contributed by atoms with E-state index in [2.05, 4.69) is 5.32 Å². The molecule has 3 amide bonds. The van der Waals surface area contributed by atoms with Gasteiger partial charge in [0, 0.05) is 23.8 Å². The van der Waals surface area contributed by atoms with E-state index in [0.717, 1.165) is 16.2 Å². The third-order valence-electron chi connectivity index (χ3n) is 3.77. The zero-order chi connectivity index (χ0) is 18.7. The Kier molecular flexibility index (Phi) is 5.17. The minimum atomic E-state index is -0.594. The van der Waals surface area contributed by atoms with Gasteiger partial charge in [-0.1, -0.05) is 0 Å². The largest absolute Gasteiger partial charge is 0.464 e. The summed E-state index contributed by atoms with van der Waals surface area (Å²) in [5.74, 6) is -1.44. The molecule has 1 aliphatic heterocycles. The van der Waals surface area contributed by atoms with Crippen molar-refractivity contribution in [2.24, 2.45) is 0 Å². The number of esters is 1. The predicted molar refractivity (Wildman–Crippen MR) is 92.6 cm³/mol. The van der Waals surface area contributed by atoms with E-state index in [1.165, 1.54) is 6.26 Å². The van der Waals surface area contributed by atoms with Crippen molar-refractivity contribution in [1.29, 1.82) is 0 Å². The summed E-state index contributed by atoms with van der Waals surface area (Å²) < 4.78 is 10.4. The number of hydrogen-bond acceptors (Lipinski definition) is 7. The van der Waals surface area contributed by atoms with Gasteiger partial charge in [-0.3, -0.25) is 19.3 Å². The number of nitrogens with zero attached hydrogens (tertiary/aromatic N) is 1. The van der Waals surface area contributed by atoms with Crippen molar-refractivity contribution >= 4 is 40.0 Å². The molecule has 0 radical (unpaired) electrons. The fourth-order valence-corrected chi connectivity index (χ4v) is 3.53. The van der Waals surface area contributed by atoms with Gasteiger partial charge in [0.05, 0.1) is 12.9 Å². The maximum absolute atomic E-state index is 12.3. The second-order valence-electron chi connectivity index (χ2n) is 5.47. The van der Waals surface area contributed by atoms with Gasteiger partial charge in [0.1, 0.15) is 22.9 Å². The van der Waals surface area contributed by atoms with Crippen molar-refractivity contribution in [2.45, 2.75) is 19.8 Å². The second-order valence-corrected chi connectivity index (χ2v) is 6.35. The lowest BCUT2D eigenvalue weighted by Gasteiger charge is -2.13. The van der Waals surface area contributed by atoms with Crippen LogP contribution in [0.4, 0.5) is 5.00 Å². The van der Waals surface area contributed by atoms with Crippen molar-refractivity contribution in [3.8, 4) is 11.3 Å². The van der Waals surface area contributed by atoms with Crippen LogP contribution in [0.2, 0.25) is 0 Å². The van der Waals surface area contributed by atoms with E-state index in [9.17, 15) is 19.2 Å². The van der Waals surface area contributed by atoms with Crippen molar-refractivity contribution in [2.75, 3.05) is 18.5 Å². The van der Waals surface area contributed by atoms with Gasteiger partial charge in [0.25, 0.3) is 0 Å². The number of likely N-dealkylation sites (tertiary alicyclic amines) is 1. The topological polar surface area (TPSA) is 106 Å². The Bertz CT molecular complexity index is 839. The van der Waals surface area contributed by atoms with Gasteiger partial charge in [-0.15, -0.1) is 11.3 Å². The Morgan fingerprint density at radius 3 is 2.65 bits per heavy atom. The van der Waals surface area contributed by atoms with E-state index < -0.39 is 11.9 Å². The molecule has 1 saturated heterocycles. The number of amides is 3. The average molecular weight is 376 g/mol. The smallest absolute Gasteiger partial charge is 0.341 e. The SMILES string of the molecule is CCOC(=O)c1c(-c2ccco2)csc1NC(=O)CN1C(=O)CCC1=O. The first-order valence-electron chi connectivity index (χ1n) is 7.96. The van der Waals surface area contributed by atoms with Crippen molar-refractivity contribution in [1.82, 2.24) is 4.90 Å². The van der Waals surface area contributed by atoms with E-state index in [1.807, 2.05) is 0 Å². The Morgan fingerprint density at radius 2 is 2.04 bits per heavy atom. The number of carbonyl (C=O) groups is 4. The van der Waals surface area contributed by atoms with Crippen LogP contribution in [0.1, 0.15) is 30.1 Å². The summed E-state index contributed by atoms with van der Waals surface area (Å²) in [6.45, 7) is 1.48. The van der Waals surface area contributed by atoms with Gasteiger partial charge in [-0.25, -0.2) is 4.79 Å². The molecule has 0 atom stereocenters. The summed E-state index contributed by atoms with van der Waals surface area (Å²) in [5.41, 5.74) is 0.682. The molecule has 1 fully saturated rings. The normalized spacial score (nSPS) is 14.0. The predicted octanol–water partition coefficient (Wildman–Crippen LogP) is 2.27. The number of imide groups is 1. The molecule has 2 aromatic rings. The lowest BCUT2D eigenvalue weighted by molar-refractivity contribution is -0.141. The molecule has 8 nitrogen and oxygen atoms in total. The fourth-order valence-electron chi connectivity index (χ4n) is 2.58. The molecule has 136 valence electrons. The summed E-state index contributed by atoms with van der Waals surface area (Å²) in [6, 6.07) is 3.38. The van der Waals surface area contributed by atoms with Gasteiger partial charge in [0.15, 0.2) is 0 Å². The number of hydrogen-bond donors (Lipinski definition) is 1. The van der Waals surface area contributed by atoms with Crippen LogP contribution in [0.3, 0.4) is 0 Å². The highest BCUT2D eigenvalue weighted by Gasteiger charge is 2.31. The Labute approximate surface area is 152 Å². The standard InChI is InChI=1S/C17H16N2O6S/c1-2-24-17(23)15-10(11-4-3-7-25-11)9-26-16(15)18-12(20)8-19-13(21)5-6-14(19)22/h3-4,7,9H,2,5-6,8H2,1H3,(H,18,20). The van der Waals surface area contributed by atoms with Gasteiger partial charge in [-0.05, 0) is 19.1 Å². The molecule has 1 N–H and O–H groups in total. The van der Waals surface area contributed by atoms with Crippen molar-refractivity contribution < 1.29 is 28.3 Å². The highest BCUT2D eigenvalue weighted by molar-refractivity contribution is 7.15. The van der Waals surface area contributed by atoms with Crippen LogP contribution in [0.15, 0.2) is 28.2 Å². The molecule has 1 aliphatic rings. The van der Waals surface area contributed by atoms with E-state index in [4.69, 9.17) is 9.15 Å². The van der Waals surface area contributed by atoms with Crippen molar-refractivity contribution in [3.05, 3.63) is 29.3 Å². The Hall–Kier alpha value is -2.94. The highest BCUT2D eigenvalue weighted by atomic mass is 32.1. The second kappa shape index (κ2) is 7.52. The van der Waals surface area contributed by atoms with E-state index in [0.29, 0.717) is 11.3 Å². The molecule has 0 aliphatic carbocycles. The van der Waals surface area contributed by atoms with Crippen LogP contribution < -0.4 is 5.32 Å². The monoisotopic (exact) mass is 376 g/mol. The lowest BCUT2D eigenvalue weighted by atomic mass is 10.1.